The summed E-state index contributed by atoms with van der Waals surface area (Å²) in [4.78, 5) is 14.8. The Bertz CT molecular complexity index is 847. The predicted molar refractivity (Wildman–Crippen MR) is 133 cm³/mol. The van der Waals surface area contributed by atoms with Crippen molar-refractivity contribution < 1.29 is 19.2 Å². The van der Waals surface area contributed by atoms with Gasteiger partial charge in [-0.3, -0.25) is 0 Å². The van der Waals surface area contributed by atoms with E-state index >= 15 is 0 Å². The van der Waals surface area contributed by atoms with Gasteiger partial charge in [-0.05, 0) is 86.8 Å². The number of hydrogen-bond donors (Lipinski definition) is 1. The first kappa shape index (κ1) is 23.0. The van der Waals surface area contributed by atoms with Crippen LogP contribution in [0.2, 0.25) is 0 Å². The van der Waals surface area contributed by atoms with E-state index in [1.165, 1.54) is 37.7 Å². The summed E-state index contributed by atoms with van der Waals surface area (Å²) in [5.74, 6) is 3.48. The lowest BCUT2D eigenvalue weighted by molar-refractivity contribution is -0.390. The molecular formula is C29H42N2O4. The fourth-order valence-corrected chi connectivity index (χ4v) is 8.44. The fourth-order valence-electron chi connectivity index (χ4n) is 8.44. The lowest BCUT2D eigenvalue weighted by atomic mass is 9.53. The number of hydrogen-bond acceptors (Lipinski definition) is 6. The lowest BCUT2D eigenvalue weighted by Gasteiger charge is -2.57. The van der Waals surface area contributed by atoms with E-state index < -0.39 is 11.6 Å². The van der Waals surface area contributed by atoms with Gasteiger partial charge in [0.05, 0.1) is 6.61 Å². The van der Waals surface area contributed by atoms with Crippen LogP contribution in [0, 0.1) is 23.7 Å². The van der Waals surface area contributed by atoms with Gasteiger partial charge in [-0.25, -0.2) is 0 Å². The van der Waals surface area contributed by atoms with Crippen molar-refractivity contribution in [3.05, 3.63) is 29.8 Å². The summed E-state index contributed by atoms with van der Waals surface area (Å²) >= 11 is 0. The SMILES string of the molecule is c1cc([C@H]2CC[C@]3(CC2)OO[C@]2(O3)C3CC4CC(C3)CC2C4)ccc1OCCCN1CCNCC1. The molecule has 7 fully saturated rings. The van der Waals surface area contributed by atoms with Crippen LogP contribution in [0.25, 0.3) is 0 Å². The molecule has 5 saturated carbocycles. The molecule has 7 aliphatic rings. The summed E-state index contributed by atoms with van der Waals surface area (Å²) in [6, 6.07) is 8.83. The van der Waals surface area contributed by atoms with Gasteiger partial charge in [0, 0.05) is 57.4 Å². The first-order chi connectivity index (χ1) is 17.2. The van der Waals surface area contributed by atoms with E-state index in [2.05, 4.69) is 34.5 Å². The Morgan fingerprint density at radius 2 is 1.57 bits per heavy atom. The van der Waals surface area contributed by atoms with Gasteiger partial charge < -0.3 is 19.7 Å². The molecule has 2 saturated heterocycles. The highest BCUT2D eigenvalue weighted by molar-refractivity contribution is 5.30. The van der Waals surface area contributed by atoms with Crippen LogP contribution in [0.3, 0.4) is 0 Å². The third kappa shape index (κ3) is 4.33. The molecule has 0 atom stereocenters. The van der Waals surface area contributed by atoms with Crippen LogP contribution >= 0.6 is 0 Å². The number of ether oxygens (including phenoxy) is 2. The highest BCUT2D eigenvalue weighted by Crippen LogP contribution is 2.64. The average Bonchev–Trinajstić information content (AvgIpc) is 3.26. The van der Waals surface area contributed by atoms with Crippen molar-refractivity contribution in [2.75, 3.05) is 39.3 Å². The van der Waals surface area contributed by atoms with Gasteiger partial charge >= 0.3 is 0 Å². The van der Waals surface area contributed by atoms with E-state index in [0.29, 0.717) is 17.8 Å². The maximum absolute atomic E-state index is 6.88. The molecule has 2 heterocycles. The molecule has 0 radical (unpaired) electrons. The first-order valence-electron chi connectivity index (χ1n) is 14.4. The molecule has 0 amide bonds. The summed E-state index contributed by atoms with van der Waals surface area (Å²) in [6.45, 7) is 6.44. The molecule has 35 heavy (non-hydrogen) atoms. The van der Waals surface area contributed by atoms with Crippen LogP contribution in [0.1, 0.15) is 75.7 Å². The largest absolute Gasteiger partial charge is 0.494 e. The molecule has 6 nitrogen and oxygen atoms in total. The monoisotopic (exact) mass is 482 g/mol. The van der Waals surface area contributed by atoms with Gasteiger partial charge in [0.2, 0.25) is 11.6 Å². The Morgan fingerprint density at radius 1 is 0.886 bits per heavy atom. The van der Waals surface area contributed by atoms with Crippen LogP contribution < -0.4 is 10.1 Å². The molecule has 0 aromatic heterocycles. The third-order valence-corrected chi connectivity index (χ3v) is 10.1. The summed E-state index contributed by atoms with van der Waals surface area (Å²) in [7, 11) is 0. The molecule has 4 bridgehead atoms. The van der Waals surface area contributed by atoms with Crippen molar-refractivity contribution in [3.63, 3.8) is 0 Å². The van der Waals surface area contributed by atoms with Gasteiger partial charge in [0.1, 0.15) is 5.75 Å². The molecule has 1 aromatic carbocycles. The summed E-state index contributed by atoms with van der Waals surface area (Å²) in [5, 5.41) is 3.41. The molecule has 5 aliphatic carbocycles. The smallest absolute Gasteiger partial charge is 0.210 e. The number of rotatable bonds is 6. The lowest BCUT2D eigenvalue weighted by Crippen LogP contribution is -2.59. The molecule has 0 unspecified atom stereocenters. The van der Waals surface area contributed by atoms with Crippen LogP contribution in [0.15, 0.2) is 24.3 Å². The van der Waals surface area contributed by atoms with Crippen LogP contribution in [0.5, 0.6) is 5.75 Å². The van der Waals surface area contributed by atoms with E-state index in [1.54, 1.807) is 0 Å². The maximum Gasteiger partial charge on any atom is 0.210 e. The first-order valence-corrected chi connectivity index (χ1v) is 14.4. The van der Waals surface area contributed by atoms with E-state index in [9.17, 15) is 0 Å². The maximum atomic E-state index is 6.88. The molecule has 192 valence electrons. The van der Waals surface area contributed by atoms with Crippen molar-refractivity contribution in [2.24, 2.45) is 23.7 Å². The van der Waals surface area contributed by atoms with Gasteiger partial charge in [-0.15, -0.1) is 0 Å². The second-order valence-electron chi connectivity index (χ2n) is 12.3. The van der Waals surface area contributed by atoms with Gasteiger partial charge in [-0.1, -0.05) is 12.1 Å². The van der Waals surface area contributed by atoms with E-state index in [1.807, 2.05) is 0 Å². The zero-order valence-corrected chi connectivity index (χ0v) is 21.1. The fraction of sp³-hybridized carbons (Fsp3) is 0.793. The van der Waals surface area contributed by atoms with Gasteiger partial charge in [0.15, 0.2) is 0 Å². The molecule has 1 N–H and O–H groups in total. The minimum atomic E-state index is -0.515. The summed E-state index contributed by atoms with van der Waals surface area (Å²) in [5.41, 5.74) is 1.41. The summed E-state index contributed by atoms with van der Waals surface area (Å²) in [6.07, 6.45) is 11.7. The van der Waals surface area contributed by atoms with E-state index in [0.717, 1.165) is 89.0 Å². The minimum Gasteiger partial charge on any atom is -0.494 e. The van der Waals surface area contributed by atoms with Gasteiger partial charge in [0.25, 0.3) is 0 Å². The molecule has 1 aromatic rings. The quantitative estimate of drug-likeness (QED) is 0.462. The van der Waals surface area contributed by atoms with Crippen molar-refractivity contribution in [2.45, 2.75) is 81.7 Å². The zero-order valence-electron chi connectivity index (χ0n) is 21.1. The normalized spacial score (nSPS) is 42.8. The minimum absolute atomic E-state index is 0.440. The highest BCUT2D eigenvalue weighted by atomic mass is 17.3. The van der Waals surface area contributed by atoms with E-state index in [-0.39, 0.29) is 0 Å². The third-order valence-electron chi connectivity index (χ3n) is 10.1. The molecule has 2 aliphatic heterocycles. The number of benzene rings is 1. The molecule has 8 rings (SSSR count). The number of piperazine rings is 1. The molecular weight excluding hydrogens is 440 g/mol. The van der Waals surface area contributed by atoms with E-state index in [4.69, 9.17) is 19.2 Å². The van der Waals surface area contributed by atoms with Crippen molar-refractivity contribution >= 4 is 0 Å². The Hall–Kier alpha value is -1.18. The van der Waals surface area contributed by atoms with Crippen molar-refractivity contribution in [1.82, 2.24) is 10.2 Å². The number of nitrogens with zero attached hydrogens (tertiary/aromatic N) is 1. The zero-order chi connectivity index (χ0) is 23.3. The highest BCUT2D eigenvalue weighted by Gasteiger charge is 2.66. The van der Waals surface area contributed by atoms with Crippen LogP contribution in [0.4, 0.5) is 0 Å². The predicted octanol–water partition coefficient (Wildman–Crippen LogP) is 4.85. The Morgan fingerprint density at radius 3 is 2.26 bits per heavy atom. The second-order valence-corrected chi connectivity index (χ2v) is 12.3. The van der Waals surface area contributed by atoms with Crippen LogP contribution in [-0.4, -0.2) is 55.8 Å². The topological polar surface area (TPSA) is 52.2 Å². The summed E-state index contributed by atoms with van der Waals surface area (Å²) < 4.78 is 12.9. The second kappa shape index (κ2) is 9.29. The van der Waals surface area contributed by atoms with Gasteiger partial charge in [-0.2, -0.15) is 9.78 Å². The molecule has 2 spiro atoms. The van der Waals surface area contributed by atoms with Crippen LogP contribution in [-0.2, 0) is 14.5 Å². The Labute approximate surface area is 209 Å². The standard InChI is InChI=1S/C29H42N2O4/c1(12-31-13-10-30-11-14-31)15-32-27-4-2-23(3-5-27)24-6-8-28(9-7-24)33-29(35-34-28)25-17-21-16-22(19-25)20-26(29)18-21/h2-5,21-22,24-26,30H,1,6-20H2/t21?,22?,24-,25?,26?,28+,29-. The Kier molecular flexibility index (Phi) is 6.10. The van der Waals surface area contributed by atoms with Crippen molar-refractivity contribution in [3.8, 4) is 5.75 Å². The number of nitrogens with one attached hydrogen (secondary N) is 1. The average molecular weight is 483 g/mol. The Balaban J connectivity index is 0.901. The molecule has 6 heteroatoms. The van der Waals surface area contributed by atoms with Crippen molar-refractivity contribution in [1.29, 1.82) is 0 Å².